The Kier molecular flexibility index (Phi) is 4.78. The van der Waals surface area contributed by atoms with Crippen LogP contribution in [0.4, 0.5) is 0 Å². The summed E-state index contributed by atoms with van der Waals surface area (Å²) in [5.41, 5.74) is 1.01. The quantitative estimate of drug-likeness (QED) is 0.861. The second kappa shape index (κ2) is 6.83. The van der Waals surface area contributed by atoms with Crippen molar-refractivity contribution in [2.24, 2.45) is 0 Å². The van der Waals surface area contributed by atoms with Gasteiger partial charge in [-0.1, -0.05) is 6.92 Å². The van der Waals surface area contributed by atoms with E-state index in [9.17, 15) is 4.79 Å². The van der Waals surface area contributed by atoms with Gasteiger partial charge in [0.25, 0.3) is 0 Å². The van der Waals surface area contributed by atoms with Crippen LogP contribution in [-0.2, 0) is 11.2 Å². The number of carbonyl (C=O) groups is 1. The molecule has 3 rings (SSSR count). The molecule has 0 aromatic carbocycles. The lowest BCUT2D eigenvalue weighted by Gasteiger charge is -2.35. The maximum Gasteiger partial charge on any atom is 0.230 e. The minimum atomic E-state index is -0.158. The highest BCUT2D eigenvalue weighted by molar-refractivity contribution is 5.83. The van der Waals surface area contributed by atoms with Gasteiger partial charge < -0.3 is 13.9 Å². The summed E-state index contributed by atoms with van der Waals surface area (Å²) in [6, 6.07) is 2.32. The van der Waals surface area contributed by atoms with Crippen molar-refractivity contribution in [2.75, 3.05) is 13.1 Å². The summed E-state index contributed by atoms with van der Waals surface area (Å²) < 4.78 is 7.85. The molecule has 0 aliphatic carbocycles. The van der Waals surface area contributed by atoms with Crippen LogP contribution in [-0.4, -0.2) is 33.4 Å². The highest BCUT2D eigenvalue weighted by Gasteiger charge is 2.30. The van der Waals surface area contributed by atoms with Crippen LogP contribution >= 0.6 is 0 Å². The van der Waals surface area contributed by atoms with E-state index in [-0.39, 0.29) is 11.8 Å². The average Bonchev–Trinajstić information content (AvgIpc) is 3.19. The Bertz CT molecular complexity index is 716. The summed E-state index contributed by atoms with van der Waals surface area (Å²) in [5.74, 6) is 2.86. The van der Waals surface area contributed by atoms with Crippen molar-refractivity contribution in [1.29, 1.82) is 0 Å². The first-order valence-corrected chi connectivity index (χ1v) is 8.88. The smallest absolute Gasteiger partial charge is 0.230 e. The Hall–Kier alpha value is -2.04. The fourth-order valence-electron chi connectivity index (χ4n) is 3.82. The Balaban J connectivity index is 1.74. The highest BCUT2D eigenvalue weighted by Crippen LogP contribution is 2.29. The van der Waals surface area contributed by atoms with Crippen LogP contribution in [0.15, 0.2) is 22.9 Å². The molecule has 0 radical (unpaired) electrons. The van der Waals surface area contributed by atoms with Crippen LogP contribution in [0.1, 0.15) is 61.6 Å². The molecule has 1 saturated heterocycles. The van der Waals surface area contributed by atoms with Crippen molar-refractivity contribution in [3.63, 3.8) is 0 Å². The first-order chi connectivity index (χ1) is 11.5. The number of rotatable bonds is 4. The molecule has 3 heterocycles. The number of aryl methyl sites for hydroxylation is 3. The number of piperidine rings is 1. The minimum absolute atomic E-state index is 0.158. The molecule has 130 valence electrons. The predicted octanol–water partition coefficient (Wildman–Crippen LogP) is 3.62. The molecule has 2 aromatic heterocycles. The number of imidazole rings is 1. The lowest BCUT2D eigenvalue weighted by Crippen LogP contribution is -2.42. The Morgan fingerprint density at radius 2 is 2.25 bits per heavy atom. The van der Waals surface area contributed by atoms with Gasteiger partial charge in [0.15, 0.2) is 0 Å². The number of hydrogen-bond acceptors (Lipinski definition) is 3. The van der Waals surface area contributed by atoms with E-state index in [0.29, 0.717) is 6.04 Å². The number of amides is 1. The number of nitrogens with zero attached hydrogens (tertiary/aromatic N) is 3. The monoisotopic (exact) mass is 329 g/mol. The van der Waals surface area contributed by atoms with Gasteiger partial charge in [0, 0.05) is 37.5 Å². The van der Waals surface area contributed by atoms with Gasteiger partial charge in [-0.2, -0.15) is 0 Å². The normalized spacial score (nSPS) is 19.5. The van der Waals surface area contributed by atoms with Gasteiger partial charge in [-0.05, 0) is 39.7 Å². The Labute approximate surface area is 143 Å². The highest BCUT2D eigenvalue weighted by atomic mass is 16.3. The molecule has 24 heavy (non-hydrogen) atoms. The summed E-state index contributed by atoms with van der Waals surface area (Å²) in [4.78, 5) is 19.4. The zero-order valence-electron chi connectivity index (χ0n) is 15.1. The Morgan fingerprint density at radius 1 is 1.46 bits per heavy atom. The fraction of sp³-hybridized carbons (Fsp3) is 0.579. The molecule has 0 unspecified atom stereocenters. The molecule has 1 amide bonds. The molecule has 1 fully saturated rings. The lowest BCUT2D eigenvalue weighted by molar-refractivity contribution is -0.134. The summed E-state index contributed by atoms with van der Waals surface area (Å²) in [6.45, 7) is 9.57. The van der Waals surface area contributed by atoms with Gasteiger partial charge in [0.1, 0.15) is 17.3 Å². The Morgan fingerprint density at radius 3 is 2.92 bits per heavy atom. The van der Waals surface area contributed by atoms with Crippen molar-refractivity contribution >= 4 is 5.91 Å². The van der Waals surface area contributed by atoms with E-state index >= 15 is 0 Å². The van der Waals surface area contributed by atoms with Gasteiger partial charge in [-0.25, -0.2) is 4.98 Å². The molecular weight excluding hydrogens is 302 g/mol. The second-order valence-corrected chi connectivity index (χ2v) is 6.77. The second-order valence-electron chi connectivity index (χ2n) is 6.77. The largest absolute Gasteiger partial charge is 0.466 e. The van der Waals surface area contributed by atoms with Crippen LogP contribution in [0.5, 0.6) is 0 Å². The van der Waals surface area contributed by atoms with Crippen molar-refractivity contribution in [1.82, 2.24) is 14.5 Å². The molecule has 1 aliphatic heterocycles. The van der Waals surface area contributed by atoms with E-state index in [1.54, 1.807) is 0 Å². The van der Waals surface area contributed by atoms with E-state index < -0.39 is 0 Å². The minimum Gasteiger partial charge on any atom is -0.466 e. The van der Waals surface area contributed by atoms with E-state index in [1.165, 1.54) is 0 Å². The fourth-order valence-corrected chi connectivity index (χ4v) is 3.82. The van der Waals surface area contributed by atoms with Gasteiger partial charge in [0.05, 0.1) is 12.0 Å². The average molecular weight is 329 g/mol. The molecular formula is C19H27N3O2. The number of aromatic nitrogens is 2. The molecule has 5 nitrogen and oxygen atoms in total. The van der Waals surface area contributed by atoms with Crippen molar-refractivity contribution < 1.29 is 9.21 Å². The van der Waals surface area contributed by atoms with Gasteiger partial charge >= 0.3 is 0 Å². The predicted molar refractivity (Wildman–Crippen MR) is 93.1 cm³/mol. The third-order valence-corrected chi connectivity index (χ3v) is 5.08. The molecule has 0 N–H and O–H groups in total. The van der Waals surface area contributed by atoms with E-state index in [4.69, 9.17) is 4.42 Å². The van der Waals surface area contributed by atoms with Gasteiger partial charge in [-0.3, -0.25) is 4.79 Å². The molecule has 1 aliphatic rings. The van der Waals surface area contributed by atoms with Crippen molar-refractivity contribution in [3.05, 3.63) is 41.4 Å². The number of hydrogen-bond donors (Lipinski definition) is 0. The van der Waals surface area contributed by atoms with Crippen molar-refractivity contribution in [3.8, 4) is 0 Å². The number of carbonyl (C=O) groups excluding carboxylic acids is 1. The lowest BCUT2D eigenvalue weighted by atomic mass is 9.97. The topological polar surface area (TPSA) is 51.3 Å². The van der Waals surface area contributed by atoms with Crippen molar-refractivity contribution in [2.45, 2.75) is 58.9 Å². The van der Waals surface area contributed by atoms with E-state index in [0.717, 1.165) is 55.3 Å². The van der Waals surface area contributed by atoms with Gasteiger partial charge in [-0.15, -0.1) is 0 Å². The molecule has 0 spiro atoms. The third-order valence-electron chi connectivity index (χ3n) is 5.08. The van der Waals surface area contributed by atoms with Crippen LogP contribution in [0, 0.1) is 13.8 Å². The zero-order valence-corrected chi connectivity index (χ0v) is 15.1. The first-order valence-electron chi connectivity index (χ1n) is 8.88. The molecule has 0 bridgehead atoms. The molecule has 0 saturated carbocycles. The van der Waals surface area contributed by atoms with Crippen LogP contribution in [0.3, 0.4) is 0 Å². The number of likely N-dealkylation sites (tertiary alicyclic amines) is 1. The maximum absolute atomic E-state index is 13.0. The van der Waals surface area contributed by atoms with E-state index in [1.807, 2.05) is 44.1 Å². The zero-order chi connectivity index (χ0) is 17.3. The van der Waals surface area contributed by atoms with Gasteiger partial charge in [0.2, 0.25) is 5.91 Å². The third kappa shape index (κ3) is 3.12. The SMILES string of the molecule is CCc1nccn1[C@H]1CCCN(C(=O)[C@H](C)c2cc(C)oc2C)C1. The number of furan rings is 1. The van der Waals surface area contributed by atoms with E-state index in [2.05, 4.69) is 16.5 Å². The van der Waals surface area contributed by atoms with Crippen LogP contribution in [0.2, 0.25) is 0 Å². The molecule has 2 atom stereocenters. The van der Waals surface area contributed by atoms with Crippen LogP contribution < -0.4 is 0 Å². The van der Waals surface area contributed by atoms with Crippen LogP contribution in [0.25, 0.3) is 0 Å². The molecule has 2 aromatic rings. The summed E-state index contributed by atoms with van der Waals surface area (Å²) in [7, 11) is 0. The summed E-state index contributed by atoms with van der Waals surface area (Å²) in [5, 5.41) is 0. The first kappa shape index (κ1) is 16.8. The summed E-state index contributed by atoms with van der Waals surface area (Å²) >= 11 is 0. The maximum atomic E-state index is 13.0. The standard InChI is InChI=1S/C19H27N3O2/c1-5-18-20-8-10-22(18)16-7-6-9-21(12-16)19(23)14(3)17-11-13(2)24-15(17)4/h8,10-11,14,16H,5-7,9,12H2,1-4H3/t14-,16+/m1/s1. The molecule has 5 heteroatoms. The summed E-state index contributed by atoms with van der Waals surface area (Å²) in [6.07, 6.45) is 6.96.